The van der Waals surface area contributed by atoms with Crippen LogP contribution in [0.3, 0.4) is 0 Å². The van der Waals surface area contributed by atoms with Crippen molar-refractivity contribution < 1.29 is 19.7 Å². The summed E-state index contributed by atoms with van der Waals surface area (Å²) in [6, 6.07) is 0. The van der Waals surface area contributed by atoms with E-state index in [2.05, 4.69) is 4.98 Å². The number of aromatic amines is 1. The molecule has 2 saturated heterocycles. The molecule has 104 valence electrons. The molecule has 2 bridgehead atoms. The fourth-order valence-corrected chi connectivity index (χ4v) is 2.53. The number of aromatic nitrogens is 2. The highest BCUT2D eigenvalue weighted by Crippen LogP contribution is 2.44. The summed E-state index contributed by atoms with van der Waals surface area (Å²) in [7, 11) is 0. The van der Waals surface area contributed by atoms with Crippen LogP contribution >= 0.6 is 0 Å². The third-order valence-corrected chi connectivity index (χ3v) is 3.69. The number of aliphatic hydroxyl groups is 2. The maximum atomic E-state index is 11.8. The average Bonchev–Trinajstić information content (AvgIpc) is 2.85. The zero-order valence-electron chi connectivity index (χ0n) is 10.2. The summed E-state index contributed by atoms with van der Waals surface area (Å²) in [5.41, 5.74) is -1.96. The second-order valence-corrected chi connectivity index (χ2v) is 4.93. The largest absolute Gasteiger partial charge is 0.393 e. The predicted octanol–water partition coefficient (Wildman–Crippen LogP) is -2.14. The van der Waals surface area contributed by atoms with Crippen molar-refractivity contribution in [3.8, 4) is 0 Å². The first-order chi connectivity index (χ1) is 8.98. The lowest BCUT2D eigenvalue weighted by molar-refractivity contribution is -0.187. The van der Waals surface area contributed by atoms with Gasteiger partial charge >= 0.3 is 5.69 Å². The fraction of sp³-hybridized carbons (Fsp3) is 0.636. The highest BCUT2D eigenvalue weighted by molar-refractivity contribution is 5.09. The second kappa shape index (κ2) is 4.01. The molecule has 8 heteroatoms. The molecule has 1 aromatic rings. The standard InChI is InChI=1S/C11H14N2O6/c1-5-2-13(10(17)12-8(5)16)9-6-7(15)11(3-14,19-9)4-18-6/h2,6-7,9,14-15H,3-4H2,1H3,(H,12,16,17)/t6-,7+,9?,11-/m1/s1. The van der Waals surface area contributed by atoms with E-state index in [0.29, 0.717) is 5.56 Å². The van der Waals surface area contributed by atoms with Gasteiger partial charge in [0, 0.05) is 11.8 Å². The van der Waals surface area contributed by atoms with Crippen LogP contribution in [0.1, 0.15) is 11.8 Å². The maximum absolute atomic E-state index is 11.8. The van der Waals surface area contributed by atoms with E-state index in [9.17, 15) is 19.8 Å². The lowest BCUT2D eigenvalue weighted by Gasteiger charge is -2.29. The molecule has 2 fully saturated rings. The molecule has 0 aromatic carbocycles. The summed E-state index contributed by atoms with van der Waals surface area (Å²) >= 11 is 0. The van der Waals surface area contributed by atoms with E-state index in [1.807, 2.05) is 0 Å². The molecule has 4 atom stereocenters. The van der Waals surface area contributed by atoms with E-state index in [4.69, 9.17) is 9.47 Å². The van der Waals surface area contributed by atoms with Crippen molar-refractivity contribution in [3.05, 3.63) is 32.6 Å². The minimum atomic E-state index is -1.20. The number of hydrogen-bond donors (Lipinski definition) is 3. The summed E-state index contributed by atoms with van der Waals surface area (Å²) in [6.45, 7) is 1.22. The molecule has 3 rings (SSSR count). The van der Waals surface area contributed by atoms with Crippen LogP contribution in [0.25, 0.3) is 0 Å². The number of nitrogens with zero attached hydrogens (tertiary/aromatic N) is 1. The van der Waals surface area contributed by atoms with Gasteiger partial charge in [-0.2, -0.15) is 0 Å². The summed E-state index contributed by atoms with van der Waals surface area (Å²) < 4.78 is 12.1. The van der Waals surface area contributed by atoms with Crippen LogP contribution in [-0.2, 0) is 9.47 Å². The van der Waals surface area contributed by atoms with Crippen LogP contribution < -0.4 is 11.2 Å². The van der Waals surface area contributed by atoms with E-state index >= 15 is 0 Å². The molecular weight excluding hydrogens is 256 g/mol. The Balaban J connectivity index is 2.04. The van der Waals surface area contributed by atoms with Gasteiger partial charge in [-0.15, -0.1) is 0 Å². The van der Waals surface area contributed by atoms with Crippen LogP contribution in [-0.4, -0.2) is 50.8 Å². The first kappa shape index (κ1) is 12.5. The van der Waals surface area contributed by atoms with Crippen molar-refractivity contribution in [2.75, 3.05) is 13.2 Å². The fourth-order valence-electron chi connectivity index (χ4n) is 2.53. The van der Waals surface area contributed by atoms with Gasteiger partial charge in [-0.05, 0) is 6.92 Å². The number of aryl methyl sites for hydroxylation is 1. The molecule has 0 aliphatic carbocycles. The maximum Gasteiger partial charge on any atom is 0.330 e. The van der Waals surface area contributed by atoms with Crippen LogP contribution in [0.15, 0.2) is 15.8 Å². The van der Waals surface area contributed by atoms with Gasteiger partial charge in [0.2, 0.25) is 0 Å². The van der Waals surface area contributed by atoms with Gasteiger partial charge in [0.25, 0.3) is 5.56 Å². The SMILES string of the molecule is Cc1cn(C2O[C@]3(CO)CO[C@@H]2[C@@H]3O)c(=O)[nH]c1=O. The zero-order chi connectivity index (χ0) is 13.8. The van der Waals surface area contributed by atoms with Crippen molar-refractivity contribution in [1.82, 2.24) is 9.55 Å². The number of fused-ring (bicyclic) bond motifs is 2. The van der Waals surface area contributed by atoms with E-state index < -0.39 is 41.9 Å². The zero-order valence-corrected chi connectivity index (χ0v) is 10.2. The Morgan fingerprint density at radius 1 is 1.58 bits per heavy atom. The summed E-state index contributed by atoms with van der Waals surface area (Å²) in [5.74, 6) is 0. The third-order valence-electron chi connectivity index (χ3n) is 3.69. The Morgan fingerprint density at radius 2 is 2.32 bits per heavy atom. The van der Waals surface area contributed by atoms with Crippen molar-refractivity contribution in [3.63, 3.8) is 0 Å². The highest BCUT2D eigenvalue weighted by atomic mass is 16.7. The number of hydrogen-bond acceptors (Lipinski definition) is 6. The molecule has 2 aliphatic heterocycles. The predicted molar refractivity (Wildman–Crippen MR) is 61.7 cm³/mol. The second-order valence-electron chi connectivity index (χ2n) is 4.93. The number of ether oxygens (including phenoxy) is 2. The molecule has 8 nitrogen and oxygen atoms in total. The molecule has 0 amide bonds. The normalized spacial score (nSPS) is 36.9. The number of nitrogens with one attached hydrogen (secondary N) is 1. The molecule has 1 unspecified atom stereocenters. The first-order valence-electron chi connectivity index (χ1n) is 5.89. The summed E-state index contributed by atoms with van der Waals surface area (Å²) in [5, 5.41) is 19.4. The Morgan fingerprint density at radius 3 is 2.95 bits per heavy atom. The highest BCUT2D eigenvalue weighted by Gasteiger charge is 2.61. The Labute approximate surface area is 107 Å². The van der Waals surface area contributed by atoms with Crippen LogP contribution in [0, 0.1) is 6.92 Å². The van der Waals surface area contributed by atoms with Crippen molar-refractivity contribution in [1.29, 1.82) is 0 Å². The number of aliphatic hydroxyl groups excluding tert-OH is 2. The number of rotatable bonds is 2. The van der Waals surface area contributed by atoms with Crippen LogP contribution in [0.2, 0.25) is 0 Å². The monoisotopic (exact) mass is 270 g/mol. The molecule has 0 radical (unpaired) electrons. The van der Waals surface area contributed by atoms with E-state index in [1.165, 1.54) is 10.8 Å². The average molecular weight is 270 g/mol. The van der Waals surface area contributed by atoms with Gasteiger partial charge in [-0.1, -0.05) is 0 Å². The quantitative estimate of drug-likeness (QED) is 0.565. The topological polar surface area (TPSA) is 114 Å². The van der Waals surface area contributed by atoms with E-state index in [0.717, 1.165) is 0 Å². The van der Waals surface area contributed by atoms with Crippen molar-refractivity contribution in [2.24, 2.45) is 0 Å². The van der Waals surface area contributed by atoms with Gasteiger partial charge in [0.15, 0.2) is 6.23 Å². The van der Waals surface area contributed by atoms with E-state index in [-0.39, 0.29) is 6.61 Å². The molecule has 3 heterocycles. The Hall–Kier alpha value is -1.48. The smallest absolute Gasteiger partial charge is 0.330 e. The third kappa shape index (κ3) is 1.61. The summed E-state index contributed by atoms with van der Waals surface area (Å²) in [4.78, 5) is 25.3. The molecule has 2 aliphatic rings. The van der Waals surface area contributed by atoms with Gasteiger partial charge in [0.1, 0.15) is 17.8 Å². The molecule has 0 saturated carbocycles. The Kier molecular flexibility index (Phi) is 2.65. The van der Waals surface area contributed by atoms with Crippen molar-refractivity contribution >= 4 is 0 Å². The molecule has 19 heavy (non-hydrogen) atoms. The molecule has 0 spiro atoms. The minimum absolute atomic E-state index is 0.0723. The van der Waals surface area contributed by atoms with Crippen molar-refractivity contribution in [2.45, 2.75) is 31.0 Å². The van der Waals surface area contributed by atoms with Crippen LogP contribution in [0.5, 0.6) is 0 Å². The van der Waals surface area contributed by atoms with Gasteiger partial charge in [-0.3, -0.25) is 14.3 Å². The Bertz CT molecular complexity index is 622. The lowest BCUT2D eigenvalue weighted by atomic mass is 10.0. The molecule has 1 aromatic heterocycles. The van der Waals surface area contributed by atoms with Gasteiger partial charge in [-0.25, -0.2) is 4.79 Å². The molecule has 3 N–H and O–H groups in total. The lowest BCUT2D eigenvalue weighted by Crippen LogP contribution is -2.44. The van der Waals surface area contributed by atoms with Crippen LogP contribution in [0.4, 0.5) is 0 Å². The van der Waals surface area contributed by atoms with E-state index in [1.54, 1.807) is 6.92 Å². The van der Waals surface area contributed by atoms with Gasteiger partial charge in [0.05, 0.1) is 13.2 Å². The number of H-pyrrole nitrogens is 1. The first-order valence-corrected chi connectivity index (χ1v) is 5.89. The molecular formula is C11H14N2O6. The van der Waals surface area contributed by atoms with Gasteiger partial charge < -0.3 is 19.7 Å². The minimum Gasteiger partial charge on any atom is -0.393 e. The summed E-state index contributed by atoms with van der Waals surface area (Å²) in [6.07, 6.45) is -1.26.